The largest absolute Gasteiger partial charge is 0.427 e. The van der Waals surface area contributed by atoms with Gasteiger partial charge in [0.1, 0.15) is 15.9 Å². The highest BCUT2D eigenvalue weighted by atomic mass is 32.2. The Hall–Kier alpha value is -2.68. The molecule has 0 atom stereocenters. The molecular weight excluding hydrogens is 412 g/mol. The maximum atomic E-state index is 13.7. The van der Waals surface area contributed by atoms with Crippen molar-refractivity contribution in [1.82, 2.24) is 4.98 Å². The number of rotatable bonds is 8. The van der Waals surface area contributed by atoms with E-state index in [-0.39, 0.29) is 5.89 Å². The highest BCUT2D eigenvalue weighted by Crippen LogP contribution is 2.55. The third-order valence-electron chi connectivity index (χ3n) is 4.82. The topological polar surface area (TPSA) is 26.0 Å². The van der Waals surface area contributed by atoms with Crippen molar-refractivity contribution in [2.24, 2.45) is 0 Å². The maximum Gasteiger partial charge on any atom is 0.250 e. The maximum absolute atomic E-state index is 13.7. The van der Waals surface area contributed by atoms with E-state index in [1.54, 1.807) is 0 Å². The summed E-state index contributed by atoms with van der Waals surface area (Å²) in [4.78, 5) is 4.74. The molecule has 0 N–H and O–H groups in total. The minimum absolute atomic E-state index is 0.115. The molecule has 30 heavy (non-hydrogen) atoms. The van der Waals surface area contributed by atoms with Crippen molar-refractivity contribution in [2.75, 3.05) is 5.75 Å². The van der Waals surface area contributed by atoms with Gasteiger partial charge in [0.2, 0.25) is 11.0 Å². The van der Waals surface area contributed by atoms with E-state index in [0.29, 0.717) is 10.8 Å². The first-order valence-electron chi connectivity index (χ1n) is 9.66. The zero-order chi connectivity index (χ0) is 20.8. The second kappa shape index (κ2) is 9.42. The number of alkyl halides is 1. The van der Waals surface area contributed by atoms with E-state index < -0.39 is 13.9 Å². The SMILES string of the molecule is C=CCSc1oc(CF)nc1[P+](c1ccccc1)(c1ccccc1)c1ccccc1. The van der Waals surface area contributed by atoms with E-state index in [0.717, 1.165) is 21.3 Å². The minimum Gasteiger partial charge on any atom is -0.427 e. The molecule has 0 radical (unpaired) electrons. The average Bonchev–Trinajstić information content (AvgIpc) is 3.24. The summed E-state index contributed by atoms with van der Waals surface area (Å²) >= 11 is 1.51. The van der Waals surface area contributed by atoms with Crippen LogP contribution in [0, 0.1) is 0 Å². The monoisotopic (exact) mass is 434 g/mol. The lowest BCUT2D eigenvalue weighted by Crippen LogP contribution is -2.40. The highest BCUT2D eigenvalue weighted by Gasteiger charge is 2.52. The first-order chi connectivity index (χ1) is 14.8. The van der Waals surface area contributed by atoms with E-state index in [2.05, 4.69) is 43.0 Å². The van der Waals surface area contributed by atoms with Crippen LogP contribution in [0.1, 0.15) is 5.89 Å². The van der Waals surface area contributed by atoms with Crippen LogP contribution in [-0.4, -0.2) is 10.7 Å². The van der Waals surface area contributed by atoms with Gasteiger partial charge < -0.3 is 4.42 Å². The van der Waals surface area contributed by atoms with Crippen LogP contribution in [0.5, 0.6) is 0 Å². The van der Waals surface area contributed by atoms with Crippen molar-refractivity contribution >= 4 is 40.4 Å². The molecule has 1 heterocycles. The second-order valence-corrected chi connectivity index (χ2v) is 10.9. The van der Waals surface area contributed by atoms with E-state index in [4.69, 9.17) is 9.40 Å². The molecule has 0 aliphatic heterocycles. The van der Waals surface area contributed by atoms with Crippen molar-refractivity contribution in [1.29, 1.82) is 0 Å². The van der Waals surface area contributed by atoms with Gasteiger partial charge in [-0.1, -0.05) is 72.4 Å². The normalized spacial score (nSPS) is 11.4. The van der Waals surface area contributed by atoms with Gasteiger partial charge in [-0.2, -0.15) is 4.98 Å². The molecule has 4 rings (SSSR count). The molecule has 1 aromatic heterocycles. The summed E-state index contributed by atoms with van der Waals surface area (Å²) in [5.74, 6) is 0.774. The van der Waals surface area contributed by atoms with Crippen LogP contribution in [0.4, 0.5) is 4.39 Å². The molecule has 2 nitrogen and oxygen atoms in total. The molecule has 5 heteroatoms. The fourth-order valence-corrected chi connectivity index (χ4v) is 8.88. The Morgan fingerprint density at radius 3 is 1.70 bits per heavy atom. The molecular formula is C25H22FNOPS+. The van der Waals surface area contributed by atoms with Crippen molar-refractivity contribution in [3.8, 4) is 0 Å². The van der Waals surface area contributed by atoms with Gasteiger partial charge in [-0.3, -0.25) is 0 Å². The van der Waals surface area contributed by atoms with Crippen LogP contribution >= 0.6 is 19.0 Å². The Labute approximate surface area is 181 Å². The predicted octanol–water partition coefficient (Wildman–Crippen LogP) is 5.04. The molecule has 4 aromatic rings. The molecule has 0 unspecified atom stereocenters. The van der Waals surface area contributed by atoms with Gasteiger partial charge in [0, 0.05) is 5.75 Å². The number of nitrogens with zero attached hydrogens (tertiary/aromatic N) is 1. The van der Waals surface area contributed by atoms with Crippen molar-refractivity contribution in [3.05, 3.63) is 110 Å². The molecule has 0 fully saturated rings. The molecule has 150 valence electrons. The minimum atomic E-state index is -2.40. The highest BCUT2D eigenvalue weighted by molar-refractivity contribution is 8.04. The zero-order valence-electron chi connectivity index (χ0n) is 16.4. The number of benzene rings is 3. The standard InChI is InChI=1S/C25H22FNOPS/c1-2-18-30-25-24(27-23(19-26)28-25)29(20-12-6-3-7-13-20,21-14-8-4-9-15-21)22-16-10-5-11-17-22/h2-17H,1,18-19H2/q+1. The lowest BCUT2D eigenvalue weighted by molar-refractivity contribution is 0.349. The van der Waals surface area contributed by atoms with Crippen LogP contribution in [-0.2, 0) is 6.67 Å². The molecule has 0 aliphatic rings. The van der Waals surface area contributed by atoms with Gasteiger partial charge in [0.05, 0.1) is 0 Å². The zero-order valence-corrected chi connectivity index (χ0v) is 18.2. The molecule has 0 spiro atoms. The molecule has 0 bridgehead atoms. The van der Waals surface area contributed by atoms with Crippen LogP contribution in [0.3, 0.4) is 0 Å². The van der Waals surface area contributed by atoms with Crippen LogP contribution < -0.4 is 21.3 Å². The van der Waals surface area contributed by atoms with Gasteiger partial charge in [-0.25, -0.2) is 4.39 Å². The molecule has 0 amide bonds. The summed E-state index contributed by atoms with van der Waals surface area (Å²) < 4.78 is 19.6. The summed E-state index contributed by atoms with van der Waals surface area (Å²) in [6.45, 7) is 3.09. The lowest BCUT2D eigenvalue weighted by Gasteiger charge is -2.25. The predicted molar refractivity (Wildman–Crippen MR) is 127 cm³/mol. The Morgan fingerprint density at radius 2 is 1.30 bits per heavy atom. The first kappa shape index (κ1) is 20.6. The van der Waals surface area contributed by atoms with E-state index in [9.17, 15) is 4.39 Å². The Balaban J connectivity index is 2.11. The quantitative estimate of drug-likeness (QED) is 0.221. The fourth-order valence-electron chi connectivity index (χ4n) is 3.61. The van der Waals surface area contributed by atoms with Gasteiger partial charge in [0.15, 0.2) is 13.9 Å². The van der Waals surface area contributed by atoms with Gasteiger partial charge in [-0.05, 0) is 36.4 Å². The number of hydrogen-bond acceptors (Lipinski definition) is 3. The van der Waals surface area contributed by atoms with Crippen molar-refractivity contribution in [2.45, 2.75) is 11.8 Å². The second-order valence-electron chi connectivity index (χ2n) is 6.63. The number of hydrogen-bond donors (Lipinski definition) is 0. The Kier molecular flexibility index (Phi) is 6.47. The number of thioether (sulfide) groups is 1. The summed E-state index contributed by atoms with van der Waals surface area (Å²) in [5.41, 5.74) is 0.811. The summed E-state index contributed by atoms with van der Waals surface area (Å²) in [7, 11) is -2.40. The third kappa shape index (κ3) is 3.74. The lowest BCUT2D eigenvalue weighted by atomic mass is 10.4. The summed E-state index contributed by atoms with van der Waals surface area (Å²) in [6, 6.07) is 31.1. The summed E-state index contributed by atoms with van der Waals surface area (Å²) in [6.07, 6.45) is 1.82. The molecule has 0 aliphatic carbocycles. The van der Waals surface area contributed by atoms with Crippen molar-refractivity contribution in [3.63, 3.8) is 0 Å². The number of aromatic nitrogens is 1. The van der Waals surface area contributed by atoms with E-state index in [1.165, 1.54) is 11.8 Å². The molecule has 0 saturated carbocycles. The Morgan fingerprint density at radius 1 is 0.833 bits per heavy atom. The molecule has 3 aromatic carbocycles. The first-order valence-corrected chi connectivity index (χ1v) is 12.4. The van der Waals surface area contributed by atoms with Gasteiger partial charge >= 0.3 is 0 Å². The van der Waals surface area contributed by atoms with Crippen LogP contribution in [0.15, 0.2) is 113 Å². The molecule has 0 saturated heterocycles. The number of halogens is 1. The third-order valence-corrected chi connectivity index (χ3v) is 10.1. The van der Waals surface area contributed by atoms with Gasteiger partial charge in [0.25, 0.3) is 5.44 Å². The van der Waals surface area contributed by atoms with Crippen LogP contribution in [0.2, 0.25) is 0 Å². The van der Waals surface area contributed by atoms with E-state index >= 15 is 0 Å². The van der Waals surface area contributed by atoms with Crippen LogP contribution in [0.25, 0.3) is 0 Å². The van der Waals surface area contributed by atoms with Gasteiger partial charge in [-0.15, -0.1) is 6.58 Å². The van der Waals surface area contributed by atoms with Crippen molar-refractivity contribution < 1.29 is 8.81 Å². The average molecular weight is 434 g/mol. The smallest absolute Gasteiger partial charge is 0.250 e. The Bertz CT molecular complexity index is 1000. The summed E-state index contributed by atoms with van der Waals surface area (Å²) in [5, 5.41) is 4.12. The number of oxazole rings is 1. The van der Waals surface area contributed by atoms with E-state index in [1.807, 2.05) is 60.7 Å². The fraction of sp³-hybridized carbons (Fsp3) is 0.0800.